The van der Waals surface area contributed by atoms with E-state index in [1.54, 1.807) is 12.1 Å². The molecule has 1 heterocycles. The van der Waals surface area contributed by atoms with Crippen molar-refractivity contribution in [1.29, 1.82) is 0 Å². The molecule has 104 valence electrons. The van der Waals surface area contributed by atoms with Crippen LogP contribution >= 0.6 is 0 Å². The van der Waals surface area contributed by atoms with Gasteiger partial charge in [-0.2, -0.15) is 0 Å². The summed E-state index contributed by atoms with van der Waals surface area (Å²) in [5, 5.41) is 9.31. The number of hydrogen-bond donors (Lipinski definition) is 1. The first kappa shape index (κ1) is 13.0. The van der Waals surface area contributed by atoms with E-state index in [0.717, 1.165) is 19.4 Å². The van der Waals surface area contributed by atoms with Crippen LogP contribution < -0.4 is 4.90 Å². The number of phenolic OH excluding ortho intramolecular Hbond substituents is 1. The minimum atomic E-state index is 0.343. The van der Waals surface area contributed by atoms with Crippen LogP contribution in [-0.4, -0.2) is 17.7 Å². The van der Waals surface area contributed by atoms with Crippen LogP contribution in [0.1, 0.15) is 24.5 Å². The van der Waals surface area contributed by atoms with Gasteiger partial charge in [-0.1, -0.05) is 30.3 Å². The first-order valence-corrected chi connectivity index (χ1v) is 7.36. The number of aromatic hydroxyl groups is 1. The van der Waals surface area contributed by atoms with Crippen LogP contribution in [0.2, 0.25) is 0 Å². The number of rotatable bonds is 4. The summed E-state index contributed by atoms with van der Waals surface area (Å²) in [7, 11) is 0. The first-order chi connectivity index (χ1) is 9.74. The third kappa shape index (κ3) is 2.64. The Kier molecular flexibility index (Phi) is 3.64. The number of hydrogen-bond acceptors (Lipinski definition) is 2. The Labute approximate surface area is 120 Å². The van der Waals surface area contributed by atoms with Crippen LogP contribution in [0.25, 0.3) is 0 Å². The maximum absolute atomic E-state index is 9.31. The predicted molar refractivity (Wildman–Crippen MR) is 83.4 cm³/mol. The smallest absolute Gasteiger partial charge is 0.115 e. The molecule has 1 N–H and O–H groups in total. The normalized spacial score (nSPS) is 15.2. The highest BCUT2D eigenvalue weighted by Gasteiger charge is 2.22. The average molecular weight is 267 g/mol. The molecular weight excluding hydrogens is 246 g/mol. The number of para-hydroxylation sites is 1. The van der Waals surface area contributed by atoms with Crippen LogP contribution in [0.3, 0.4) is 0 Å². The van der Waals surface area contributed by atoms with Crippen molar-refractivity contribution in [2.75, 3.05) is 11.4 Å². The maximum Gasteiger partial charge on any atom is 0.115 e. The van der Waals surface area contributed by atoms with Gasteiger partial charge in [0.25, 0.3) is 0 Å². The van der Waals surface area contributed by atoms with Crippen molar-refractivity contribution in [3.8, 4) is 5.75 Å². The lowest BCUT2D eigenvalue weighted by atomic mass is 10.0. The van der Waals surface area contributed by atoms with Crippen LogP contribution in [0, 0.1) is 0 Å². The highest BCUT2D eigenvalue weighted by Crippen LogP contribution is 2.30. The van der Waals surface area contributed by atoms with Crippen molar-refractivity contribution < 1.29 is 5.11 Å². The third-order valence-electron chi connectivity index (χ3n) is 4.24. The molecule has 0 aliphatic carbocycles. The summed E-state index contributed by atoms with van der Waals surface area (Å²) in [5.74, 6) is 0.343. The fourth-order valence-corrected chi connectivity index (χ4v) is 3.02. The number of phenols is 1. The van der Waals surface area contributed by atoms with Gasteiger partial charge in [0, 0.05) is 18.3 Å². The van der Waals surface area contributed by atoms with E-state index in [0.29, 0.717) is 11.8 Å². The summed E-state index contributed by atoms with van der Waals surface area (Å²) >= 11 is 0. The van der Waals surface area contributed by atoms with Gasteiger partial charge in [0.2, 0.25) is 0 Å². The maximum atomic E-state index is 9.31. The second-order valence-corrected chi connectivity index (χ2v) is 5.63. The Balaban J connectivity index is 1.63. The molecule has 0 spiro atoms. The molecular formula is C18H21NO. The molecule has 2 heteroatoms. The van der Waals surface area contributed by atoms with Crippen LogP contribution in [0.4, 0.5) is 5.69 Å². The van der Waals surface area contributed by atoms with E-state index in [2.05, 4.69) is 36.1 Å². The summed E-state index contributed by atoms with van der Waals surface area (Å²) < 4.78 is 0. The SMILES string of the molecule is CC(CCc1ccc(O)cc1)N1CCc2ccccc21. The average Bonchev–Trinajstić information content (AvgIpc) is 2.90. The Morgan fingerprint density at radius 1 is 1.10 bits per heavy atom. The molecule has 0 saturated carbocycles. The number of anilines is 1. The molecule has 0 saturated heterocycles. The summed E-state index contributed by atoms with van der Waals surface area (Å²) in [6.45, 7) is 3.44. The standard InChI is InChI=1S/C18H21NO/c1-14(6-7-15-8-10-17(20)11-9-15)19-13-12-16-4-2-3-5-18(16)19/h2-5,8-11,14,20H,6-7,12-13H2,1H3. The summed E-state index contributed by atoms with van der Waals surface area (Å²) in [6, 6.07) is 16.8. The molecule has 2 aromatic rings. The van der Waals surface area contributed by atoms with Crippen LogP contribution in [-0.2, 0) is 12.8 Å². The Morgan fingerprint density at radius 3 is 2.65 bits per heavy atom. The van der Waals surface area contributed by atoms with Crippen molar-refractivity contribution in [3.63, 3.8) is 0 Å². The Hall–Kier alpha value is -1.96. The van der Waals surface area contributed by atoms with Gasteiger partial charge in [0.15, 0.2) is 0 Å². The quantitative estimate of drug-likeness (QED) is 0.911. The van der Waals surface area contributed by atoms with E-state index < -0.39 is 0 Å². The molecule has 3 rings (SSSR count). The second kappa shape index (κ2) is 5.58. The van der Waals surface area contributed by atoms with Gasteiger partial charge < -0.3 is 10.0 Å². The molecule has 1 aliphatic heterocycles. The first-order valence-electron chi connectivity index (χ1n) is 7.36. The molecule has 20 heavy (non-hydrogen) atoms. The third-order valence-corrected chi connectivity index (χ3v) is 4.24. The lowest BCUT2D eigenvalue weighted by molar-refractivity contribution is 0.475. The number of nitrogens with zero attached hydrogens (tertiary/aromatic N) is 1. The predicted octanol–water partition coefficient (Wildman–Crippen LogP) is 3.78. The van der Waals surface area contributed by atoms with E-state index in [-0.39, 0.29) is 0 Å². The summed E-state index contributed by atoms with van der Waals surface area (Å²) in [4.78, 5) is 2.52. The van der Waals surface area contributed by atoms with Crippen molar-refractivity contribution in [1.82, 2.24) is 0 Å². The molecule has 0 fully saturated rings. The van der Waals surface area contributed by atoms with E-state index in [1.807, 2.05) is 12.1 Å². The van der Waals surface area contributed by atoms with E-state index in [1.165, 1.54) is 23.2 Å². The van der Waals surface area contributed by atoms with Gasteiger partial charge in [-0.05, 0) is 55.5 Å². The van der Waals surface area contributed by atoms with Gasteiger partial charge in [-0.15, -0.1) is 0 Å². The highest BCUT2D eigenvalue weighted by atomic mass is 16.3. The Morgan fingerprint density at radius 2 is 1.85 bits per heavy atom. The van der Waals surface area contributed by atoms with Gasteiger partial charge in [-0.3, -0.25) is 0 Å². The molecule has 0 amide bonds. The number of aryl methyl sites for hydroxylation is 1. The van der Waals surface area contributed by atoms with Crippen LogP contribution in [0.5, 0.6) is 5.75 Å². The Bertz CT molecular complexity index is 576. The molecule has 0 bridgehead atoms. The molecule has 0 aromatic heterocycles. The van der Waals surface area contributed by atoms with Gasteiger partial charge in [0.05, 0.1) is 0 Å². The van der Waals surface area contributed by atoms with E-state index in [9.17, 15) is 5.11 Å². The minimum Gasteiger partial charge on any atom is -0.508 e. The topological polar surface area (TPSA) is 23.5 Å². The number of benzene rings is 2. The van der Waals surface area contributed by atoms with Gasteiger partial charge >= 0.3 is 0 Å². The molecule has 1 unspecified atom stereocenters. The second-order valence-electron chi connectivity index (χ2n) is 5.63. The zero-order valence-corrected chi connectivity index (χ0v) is 11.9. The summed E-state index contributed by atoms with van der Waals surface area (Å²) in [6.07, 6.45) is 3.36. The zero-order valence-electron chi connectivity index (χ0n) is 11.9. The number of fused-ring (bicyclic) bond motifs is 1. The lowest BCUT2D eigenvalue weighted by Gasteiger charge is -2.27. The van der Waals surface area contributed by atoms with Gasteiger partial charge in [0.1, 0.15) is 5.75 Å². The van der Waals surface area contributed by atoms with E-state index >= 15 is 0 Å². The molecule has 0 radical (unpaired) electrons. The van der Waals surface area contributed by atoms with Crippen molar-refractivity contribution in [2.45, 2.75) is 32.2 Å². The van der Waals surface area contributed by atoms with Crippen molar-refractivity contribution in [2.24, 2.45) is 0 Å². The van der Waals surface area contributed by atoms with Crippen molar-refractivity contribution >= 4 is 5.69 Å². The molecule has 1 atom stereocenters. The fourth-order valence-electron chi connectivity index (χ4n) is 3.02. The van der Waals surface area contributed by atoms with Gasteiger partial charge in [-0.25, -0.2) is 0 Å². The molecule has 2 nitrogen and oxygen atoms in total. The largest absolute Gasteiger partial charge is 0.508 e. The zero-order chi connectivity index (χ0) is 13.9. The molecule has 2 aromatic carbocycles. The fraction of sp³-hybridized carbons (Fsp3) is 0.333. The lowest BCUT2D eigenvalue weighted by Crippen LogP contribution is -2.31. The minimum absolute atomic E-state index is 0.343. The van der Waals surface area contributed by atoms with E-state index in [4.69, 9.17) is 0 Å². The molecule has 1 aliphatic rings. The van der Waals surface area contributed by atoms with Crippen LogP contribution in [0.15, 0.2) is 48.5 Å². The van der Waals surface area contributed by atoms with Crippen molar-refractivity contribution in [3.05, 3.63) is 59.7 Å². The highest BCUT2D eigenvalue weighted by molar-refractivity contribution is 5.58. The summed E-state index contributed by atoms with van der Waals surface area (Å²) in [5.41, 5.74) is 4.18. The monoisotopic (exact) mass is 267 g/mol.